The summed E-state index contributed by atoms with van der Waals surface area (Å²) >= 11 is 1.64. The Labute approximate surface area is 99.5 Å². The molecule has 1 heterocycles. The highest BCUT2D eigenvalue weighted by Gasteiger charge is 2.30. The quantitative estimate of drug-likeness (QED) is 0.813. The van der Waals surface area contributed by atoms with Gasteiger partial charge in [0.1, 0.15) is 6.04 Å². The molecule has 1 atom stereocenters. The van der Waals surface area contributed by atoms with Crippen molar-refractivity contribution in [3.8, 4) is 0 Å². The molecule has 0 aromatic heterocycles. The number of aryl methyl sites for hydroxylation is 2. The smallest absolute Gasteiger partial charge is 0.327 e. The lowest BCUT2D eigenvalue weighted by molar-refractivity contribution is -0.138. The summed E-state index contributed by atoms with van der Waals surface area (Å²) in [6.07, 6.45) is 0. The Morgan fingerprint density at radius 2 is 2.19 bits per heavy atom. The zero-order chi connectivity index (χ0) is 11.9. The summed E-state index contributed by atoms with van der Waals surface area (Å²) in [7, 11) is 1.86. The first-order valence-corrected chi connectivity index (χ1v) is 6.19. The van der Waals surface area contributed by atoms with Crippen molar-refractivity contribution in [1.29, 1.82) is 0 Å². The molecule has 1 aromatic carbocycles. The monoisotopic (exact) mass is 237 g/mol. The van der Waals surface area contributed by atoms with Gasteiger partial charge in [0.05, 0.1) is 5.69 Å². The van der Waals surface area contributed by atoms with Gasteiger partial charge in [-0.2, -0.15) is 0 Å². The van der Waals surface area contributed by atoms with Crippen LogP contribution in [0.15, 0.2) is 17.0 Å². The van der Waals surface area contributed by atoms with E-state index in [-0.39, 0.29) is 0 Å². The average molecular weight is 237 g/mol. The highest BCUT2D eigenvalue weighted by Crippen LogP contribution is 2.39. The number of fused-ring (bicyclic) bond motifs is 1. The van der Waals surface area contributed by atoms with E-state index in [0.717, 1.165) is 5.69 Å². The lowest BCUT2D eigenvalue weighted by Gasteiger charge is -2.34. The van der Waals surface area contributed by atoms with Gasteiger partial charge in [-0.15, -0.1) is 11.8 Å². The van der Waals surface area contributed by atoms with Crippen molar-refractivity contribution in [2.24, 2.45) is 0 Å². The molecule has 1 aliphatic rings. The molecule has 1 N–H and O–H groups in total. The van der Waals surface area contributed by atoms with Crippen LogP contribution < -0.4 is 4.90 Å². The van der Waals surface area contributed by atoms with Crippen LogP contribution in [0.1, 0.15) is 11.1 Å². The number of anilines is 1. The number of rotatable bonds is 1. The van der Waals surface area contributed by atoms with Crippen molar-refractivity contribution in [3.05, 3.63) is 23.3 Å². The molecular formula is C12H15NO2S. The van der Waals surface area contributed by atoms with Crippen LogP contribution in [0, 0.1) is 13.8 Å². The molecule has 4 heteroatoms. The molecule has 0 saturated heterocycles. The molecule has 1 unspecified atom stereocenters. The number of hydrogen-bond acceptors (Lipinski definition) is 3. The van der Waals surface area contributed by atoms with Gasteiger partial charge in [-0.3, -0.25) is 0 Å². The third kappa shape index (κ3) is 1.78. The molecular weight excluding hydrogens is 222 g/mol. The molecule has 3 nitrogen and oxygen atoms in total. The first-order chi connectivity index (χ1) is 7.50. The Bertz CT molecular complexity index is 445. The maximum absolute atomic E-state index is 11.1. The summed E-state index contributed by atoms with van der Waals surface area (Å²) in [6, 6.07) is 3.78. The van der Waals surface area contributed by atoms with E-state index in [1.165, 1.54) is 16.0 Å². The van der Waals surface area contributed by atoms with E-state index < -0.39 is 12.0 Å². The van der Waals surface area contributed by atoms with Crippen LogP contribution in [-0.4, -0.2) is 29.9 Å². The standard InChI is InChI=1S/C12H15NO2S/c1-7-4-8(2)11-9(5-7)13(3)10(6-16-11)12(14)15/h4-5,10H,6H2,1-3H3,(H,14,15). The van der Waals surface area contributed by atoms with Crippen molar-refractivity contribution in [1.82, 2.24) is 0 Å². The van der Waals surface area contributed by atoms with Crippen molar-refractivity contribution in [2.45, 2.75) is 24.8 Å². The van der Waals surface area contributed by atoms with Crippen LogP contribution in [0.4, 0.5) is 5.69 Å². The van der Waals surface area contributed by atoms with Crippen LogP contribution in [0.2, 0.25) is 0 Å². The molecule has 0 fully saturated rings. The van der Waals surface area contributed by atoms with E-state index in [9.17, 15) is 4.79 Å². The lowest BCUT2D eigenvalue weighted by atomic mass is 10.1. The van der Waals surface area contributed by atoms with Gasteiger partial charge >= 0.3 is 5.97 Å². The normalized spacial score (nSPS) is 19.4. The average Bonchev–Trinajstić information content (AvgIpc) is 2.19. The number of nitrogens with zero attached hydrogens (tertiary/aromatic N) is 1. The van der Waals surface area contributed by atoms with Gasteiger partial charge in [0, 0.05) is 17.7 Å². The minimum Gasteiger partial charge on any atom is -0.480 e. The molecule has 0 spiro atoms. The minimum atomic E-state index is -0.750. The summed E-state index contributed by atoms with van der Waals surface area (Å²) < 4.78 is 0. The third-order valence-corrected chi connectivity index (χ3v) is 4.22. The van der Waals surface area contributed by atoms with E-state index in [0.29, 0.717) is 5.75 Å². The fraction of sp³-hybridized carbons (Fsp3) is 0.417. The van der Waals surface area contributed by atoms with E-state index in [4.69, 9.17) is 5.11 Å². The largest absolute Gasteiger partial charge is 0.480 e. The van der Waals surface area contributed by atoms with E-state index in [2.05, 4.69) is 19.1 Å². The summed E-state index contributed by atoms with van der Waals surface area (Å²) in [5.74, 6) is -0.136. The molecule has 0 aliphatic carbocycles. The first kappa shape index (κ1) is 11.3. The summed E-state index contributed by atoms with van der Waals surface area (Å²) in [6.45, 7) is 4.12. The Balaban J connectivity index is 2.48. The second-order valence-electron chi connectivity index (χ2n) is 4.21. The number of benzene rings is 1. The van der Waals surface area contributed by atoms with Gasteiger partial charge < -0.3 is 10.0 Å². The number of aliphatic carboxylic acids is 1. The van der Waals surface area contributed by atoms with Gasteiger partial charge in [-0.1, -0.05) is 6.07 Å². The first-order valence-electron chi connectivity index (χ1n) is 5.20. The molecule has 0 radical (unpaired) electrons. The molecule has 0 amide bonds. The zero-order valence-corrected chi connectivity index (χ0v) is 10.5. The molecule has 1 aliphatic heterocycles. The van der Waals surface area contributed by atoms with Crippen LogP contribution in [0.25, 0.3) is 0 Å². The SMILES string of the molecule is Cc1cc(C)c2c(c1)N(C)C(C(=O)O)CS2. The van der Waals surface area contributed by atoms with Crippen molar-refractivity contribution >= 4 is 23.4 Å². The molecule has 1 aromatic rings. The third-order valence-electron chi connectivity index (χ3n) is 2.92. The van der Waals surface area contributed by atoms with Crippen LogP contribution >= 0.6 is 11.8 Å². The van der Waals surface area contributed by atoms with Crippen molar-refractivity contribution in [2.75, 3.05) is 17.7 Å². The molecule has 16 heavy (non-hydrogen) atoms. The predicted octanol–water partition coefficient (Wildman–Crippen LogP) is 2.30. The summed E-state index contributed by atoms with van der Waals surface area (Å²) in [4.78, 5) is 14.2. The fourth-order valence-electron chi connectivity index (χ4n) is 2.06. The molecule has 2 rings (SSSR count). The summed E-state index contributed by atoms with van der Waals surface area (Å²) in [5.41, 5.74) is 3.45. The number of likely N-dealkylation sites (N-methyl/N-ethyl adjacent to an activating group) is 1. The Hall–Kier alpha value is -1.16. The topological polar surface area (TPSA) is 40.5 Å². The minimum absolute atomic E-state index is 0.418. The molecule has 0 saturated carbocycles. The van der Waals surface area contributed by atoms with E-state index in [1.807, 2.05) is 18.9 Å². The van der Waals surface area contributed by atoms with Crippen LogP contribution in [-0.2, 0) is 4.79 Å². The second kappa shape index (κ2) is 4.01. The number of carboxylic acid groups (broad SMARTS) is 1. The maximum Gasteiger partial charge on any atom is 0.327 e. The van der Waals surface area contributed by atoms with E-state index >= 15 is 0 Å². The highest BCUT2D eigenvalue weighted by molar-refractivity contribution is 7.99. The van der Waals surface area contributed by atoms with Gasteiger partial charge in [0.25, 0.3) is 0 Å². The Morgan fingerprint density at radius 3 is 2.81 bits per heavy atom. The van der Waals surface area contributed by atoms with Crippen molar-refractivity contribution < 1.29 is 9.90 Å². The zero-order valence-electron chi connectivity index (χ0n) is 9.65. The van der Waals surface area contributed by atoms with E-state index in [1.54, 1.807) is 11.8 Å². The van der Waals surface area contributed by atoms with Gasteiger partial charge in [-0.05, 0) is 31.0 Å². The fourth-order valence-corrected chi connectivity index (χ4v) is 3.39. The number of carbonyl (C=O) groups is 1. The highest BCUT2D eigenvalue weighted by atomic mass is 32.2. The number of carboxylic acids is 1. The van der Waals surface area contributed by atoms with Crippen LogP contribution in [0.5, 0.6) is 0 Å². The second-order valence-corrected chi connectivity index (χ2v) is 5.24. The maximum atomic E-state index is 11.1. The molecule has 86 valence electrons. The number of hydrogen-bond donors (Lipinski definition) is 1. The van der Waals surface area contributed by atoms with Crippen LogP contribution in [0.3, 0.4) is 0 Å². The van der Waals surface area contributed by atoms with Crippen molar-refractivity contribution in [3.63, 3.8) is 0 Å². The van der Waals surface area contributed by atoms with Gasteiger partial charge in [0.15, 0.2) is 0 Å². The van der Waals surface area contributed by atoms with Gasteiger partial charge in [0.2, 0.25) is 0 Å². The Morgan fingerprint density at radius 1 is 1.50 bits per heavy atom. The number of thioether (sulfide) groups is 1. The Kier molecular flexibility index (Phi) is 2.84. The lowest BCUT2D eigenvalue weighted by Crippen LogP contribution is -2.42. The summed E-state index contributed by atoms with van der Waals surface area (Å²) in [5, 5.41) is 9.12. The molecule has 0 bridgehead atoms. The predicted molar refractivity (Wildman–Crippen MR) is 66.5 cm³/mol. The van der Waals surface area contributed by atoms with Gasteiger partial charge in [-0.25, -0.2) is 4.79 Å².